The SMILES string of the molecule is CCOC(=O)c1c(NC(=O)CNCc2cccs2)sc(C(N)=O)c1C. The van der Waals surface area contributed by atoms with Crippen LogP contribution in [-0.2, 0) is 16.1 Å². The molecule has 2 rings (SSSR count). The first-order valence-corrected chi connectivity index (χ1v) is 9.26. The summed E-state index contributed by atoms with van der Waals surface area (Å²) in [6, 6.07) is 3.91. The molecule has 0 fully saturated rings. The van der Waals surface area contributed by atoms with E-state index >= 15 is 0 Å². The van der Waals surface area contributed by atoms with E-state index in [1.54, 1.807) is 25.2 Å². The lowest BCUT2D eigenvalue weighted by Crippen LogP contribution is -2.27. The highest BCUT2D eigenvalue weighted by Gasteiger charge is 2.25. The molecule has 0 aromatic carbocycles. The van der Waals surface area contributed by atoms with Gasteiger partial charge in [-0.05, 0) is 30.9 Å². The second kappa shape index (κ2) is 8.75. The summed E-state index contributed by atoms with van der Waals surface area (Å²) >= 11 is 2.57. The molecular formula is C16H19N3O4S2. The van der Waals surface area contributed by atoms with E-state index in [9.17, 15) is 14.4 Å². The van der Waals surface area contributed by atoms with Crippen molar-refractivity contribution >= 4 is 45.5 Å². The van der Waals surface area contributed by atoms with Crippen LogP contribution in [0.1, 0.15) is 37.4 Å². The zero-order valence-electron chi connectivity index (χ0n) is 13.9. The predicted octanol–water partition coefficient (Wildman–Crippen LogP) is 2.12. The second-order valence-electron chi connectivity index (χ2n) is 5.08. The van der Waals surface area contributed by atoms with Gasteiger partial charge in [-0.25, -0.2) is 4.79 Å². The molecular weight excluding hydrogens is 362 g/mol. The van der Waals surface area contributed by atoms with Gasteiger partial charge in [-0.1, -0.05) is 6.07 Å². The van der Waals surface area contributed by atoms with E-state index in [1.165, 1.54) is 0 Å². The fourth-order valence-electron chi connectivity index (χ4n) is 2.17. The quantitative estimate of drug-likeness (QED) is 0.607. The topological polar surface area (TPSA) is 111 Å². The van der Waals surface area contributed by atoms with Crippen molar-refractivity contribution < 1.29 is 19.1 Å². The van der Waals surface area contributed by atoms with E-state index in [-0.39, 0.29) is 34.5 Å². The number of rotatable bonds is 8. The Morgan fingerprint density at radius 2 is 2.08 bits per heavy atom. The van der Waals surface area contributed by atoms with Crippen LogP contribution in [0.25, 0.3) is 0 Å². The van der Waals surface area contributed by atoms with Crippen molar-refractivity contribution in [3.63, 3.8) is 0 Å². The van der Waals surface area contributed by atoms with Crippen LogP contribution in [0.2, 0.25) is 0 Å². The van der Waals surface area contributed by atoms with Gasteiger partial charge in [0.15, 0.2) is 0 Å². The van der Waals surface area contributed by atoms with Crippen LogP contribution in [-0.4, -0.2) is 30.9 Å². The standard InChI is InChI=1S/C16H19N3O4S2/c1-3-23-16(22)12-9(2)13(14(17)21)25-15(12)19-11(20)8-18-7-10-5-4-6-24-10/h4-6,18H,3,7-8H2,1-2H3,(H2,17,21)(H,19,20). The molecule has 0 unspecified atom stereocenters. The molecule has 0 aliphatic heterocycles. The zero-order chi connectivity index (χ0) is 18.4. The number of thiophene rings is 2. The molecule has 0 bridgehead atoms. The molecule has 0 aliphatic rings. The molecule has 0 aliphatic carbocycles. The third kappa shape index (κ3) is 4.88. The molecule has 134 valence electrons. The van der Waals surface area contributed by atoms with Gasteiger partial charge in [0.05, 0.1) is 23.6 Å². The van der Waals surface area contributed by atoms with Gasteiger partial charge in [0, 0.05) is 11.4 Å². The molecule has 2 amide bonds. The number of anilines is 1. The van der Waals surface area contributed by atoms with E-state index in [2.05, 4.69) is 10.6 Å². The zero-order valence-corrected chi connectivity index (χ0v) is 15.5. The summed E-state index contributed by atoms with van der Waals surface area (Å²) in [6.45, 7) is 4.12. The van der Waals surface area contributed by atoms with E-state index < -0.39 is 11.9 Å². The summed E-state index contributed by atoms with van der Waals surface area (Å²) in [5.74, 6) is -1.56. The summed E-state index contributed by atoms with van der Waals surface area (Å²) in [6.07, 6.45) is 0. The second-order valence-corrected chi connectivity index (χ2v) is 7.13. The molecule has 0 saturated heterocycles. The van der Waals surface area contributed by atoms with Gasteiger partial charge in [0.25, 0.3) is 5.91 Å². The summed E-state index contributed by atoms with van der Waals surface area (Å²) in [5, 5.41) is 7.91. The largest absolute Gasteiger partial charge is 0.462 e. The molecule has 0 saturated carbocycles. The molecule has 4 N–H and O–H groups in total. The van der Waals surface area contributed by atoms with Crippen LogP contribution in [0, 0.1) is 6.92 Å². The lowest BCUT2D eigenvalue weighted by molar-refractivity contribution is -0.115. The number of nitrogens with one attached hydrogen (secondary N) is 2. The van der Waals surface area contributed by atoms with Gasteiger partial charge in [-0.3, -0.25) is 9.59 Å². The first-order chi connectivity index (χ1) is 11.9. The van der Waals surface area contributed by atoms with Crippen LogP contribution >= 0.6 is 22.7 Å². The number of ether oxygens (including phenoxy) is 1. The van der Waals surface area contributed by atoms with Gasteiger partial charge in [0.1, 0.15) is 5.00 Å². The van der Waals surface area contributed by atoms with E-state index in [0.29, 0.717) is 12.1 Å². The number of amides is 2. The highest BCUT2D eigenvalue weighted by atomic mass is 32.1. The third-order valence-corrected chi connectivity index (χ3v) is 5.37. The number of carbonyl (C=O) groups excluding carboxylic acids is 3. The minimum Gasteiger partial charge on any atom is -0.462 e. The number of hydrogen-bond acceptors (Lipinski definition) is 7. The van der Waals surface area contributed by atoms with Crippen molar-refractivity contribution in [1.29, 1.82) is 0 Å². The van der Waals surface area contributed by atoms with Gasteiger partial charge in [-0.2, -0.15) is 0 Å². The van der Waals surface area contributed by atoms with Crippen LogP contribution < -0.4 is 16.4 Å². The molecule has 2 aromatic rings. The summed E-state index contributed by atoms with van der Waals surface area (Å²) in [4.78, 5) is 37.1. The predicted molar refractivity (Wildman–Crippen MR) is 98.2 cm³/mol. The van der Waals surface area contributed by atoms with Crippen molar-refractivity contribution in [2.45, 2.75) is 20.4 Å². The Balaban J connectivity index is 2.08. The number of primary amides is 1. The van der Waals surface area contributed by atoms with Crippen LogP contribution in [0.3, 0.4) is 0 Å². The first kappa shape index (κ1) is 19.1. The van der Waals surface area contributed by atoms with Gasteiger partial charge in [-0.15, -0.1) is 22.7 Å². The Bertz CT molecular complexity index is 769. The summed E-state index contributed by atoms with van der Waals surface area (Å²) < 4.78 is 5.00. The maximum atomic E-state index is 12.1. The van der Waals surface area contributed by atoms with Gasteiger partial charge >= 0.3 is 5.97 Å². The van der Waals surface area contributed by atoms with Gasteiger partial charge < -0.3 is 21.1 Å². The Kier molecular flexibility index (Phi) is 6.68. The van der Waals surface area contributed by atoms with Crippen LogP contribution in [0.5, 0.6) is 0 Å². The minimum atomic E-state index is -0.649. The first-order valence-electron chi connectivity index (χ1n) is 7.57. The molecule has 0 spiro atoms. The van der Waals surface area contributed by atoms with E-state index in [1.807, 2.05) is 17.5 Å². The fraction of sp³-hybridized carbons (Fsp3) is 0.312. The van der Waals surface area contributed by atoms with Crippen molar-refractivity contribution in [1.82, 2.24) is 5.32 Å². The number of esters is 1. The normalized spacial score (nSPS) is 10.5. The fourth-order valence-corrected chi connectivity index (χ4v) is 3.91. The molecule has 2 aromatic heterocycles. The van der Waals surface area contributed by atoms with Crippen molar-refractivity contribution in [2.24, 2.45) is 5.73 Å². The molecule has 0 atom stereocenters. The summed E-state index contributed by atoms with van der Waals surface area (Å²) in [7, 11) is 0. The van der Waals surface area contributed by atoms with Crippen LogP contribution in [0.15, 0.2) is 17.5 Å². The maximum Gasteiger partial charge on any atom is 0.341 e. The highest BCUT2D eigenvalue weighted by Crippen LogP contribution is 2.33. The third-order valence-electron chi connectivity index (χ3n) is 3.27. The Morgan fingerprint density at radius 3 is 2.68 bits per heavy atom. The molecule has 25 heavy (non-hydrogen) atoms. The Morgan fingerprint density at radius 1 is 1.32 bits per heavy atom. The Hall–Kier alpha value is -2.23. The Labute approximate surface area is 153 Å². The molecule has 7 nitrogen and oxygen atoms in total. The lowest BCUT2D eigenvalue weighted by atomic mass is 10.1. The molecule has 9 heteroatoms. The highest BCUT2D eigenvalue weighted by molar-refractivity contribution is 7.18. The monoisotopic (exact) mass is 381 g/mol. The summed E-state index contributed by atoms with van der Waals surface area (Å²) in [5.41, 5.74) is 5.92. The van der Waals surface area contributed by atoms with Crippen molar-refractivity contribution in [3.05, 3.63) is 38.4 Å². The molecule has 0 radical (unpaired) electrons. The average Bonchev–Trinajstić information content (AvgIpc) is 3.15. The van der Waals surface area contributed by atoms with Crippen molar-refractivity contribution in [2.75, 3.05) is 18.5 Å². The minimum absolute atomic E-state index is 0.0724. The molecule has 2 heterocycles. The number of nitrogens with two attached hydrogens (primary N) is 1. The lowest BCUT2D eigenvalue weighted by Gasteiger charge is -2.07. The average molecular weight is 381 g/mol. The number of hydrogen-bond donors (Lipinski definition) is 3. The van der Waals surface area contributed by atoms with Crippen molar-refractivity contribution in [3.8, 4) is 0 Å². The smallest absolute Gasteiger partial charge is 0.341 e. The number of carbonyl (C=O) groups is 3. The van der Waals surface area contributed by atoms with E-state index in [4.69, 9.17) is 10.5 Å². The maximum absolute atomic E-state index is 12.1. The van der Waals surface area contributed by atoms with Crippen LogP contribution in [0.4, 0.5) is 5.00 Å². The van der Waals surface area contributed by atoms with Gasteiger partial charge in [0.2, 0.25) is 5.91 Å². The van der Waals surface area contributed by atoms with E-state index in [0.717, 1.165) is 16.2 Å².